The van der Waals surface area contributed by atoms with Gasteiger partial charge < -0.3 is 14.6 Å². The molecule has 5 nitrogen and oxygen atoms in total. The van der Waals surface area contributed by atoms with Gasteiger partial charge in [-0.3, -0.25) is 0 Å². The number of esters is 1. The van der Waals surface area contributed by atoms with Crippen LogP contribution in [0.5, 0.6) is 0 Å². The second-order valence-corrected chi connectivity index (χ2v) is 2.18. The van der Waals surface area contributed by atoms with Crippen LogP contribution in [0.4, 0.5) is 0 Å². The highest BCUT2D eigenvalue weighted by molar-refractivity contribution is 5.90. The summed E-state index contributed by atoms with van der Waals surface area (Å²) < 4.78 is 9.44. The van der Waals surface area contributed by atoms with Crippen LogP contribution in [0.25, 0.3) is 0 Å². The van der Waals surface area contributed by atoms with Crippen LogP contribution in [-0.2, 0) is 19.1 Å². The fraction of sp³-hybridized carbons (Fsp3) is 0.500. The smallest absolute Gasteiger partial charge is 0.333 e. The Hall–Kier alpha value is -1.36. The maximum Gasteiger partial charge on any atom is 0.333 e. The summed E-state index contributed by atoms with van der Waals surface area (Å²) in [5.74, 6) is -1.92. The van der Waals surface area contributed by atoms with Crippen molar-refractivity contribution in [2.24, 2.45) is 0 Å². The fourth-order valence-electron chi connectivity index (χ4n) is 0.606. The summed E-state index contributed by atoms with van der Waals surface area (Å²) in [4.78, 5) is 20.8. The van der Waals surface area contributed by atoms with E-state index in [1.165, 1.54) is 7.11 Å². The van der Waals surface area contributed by atoms with Crippen molar-refractivity contribution in [1.82, 2.24) is 0 Å². The lowest BCUT2D eigenvalue weighted by molar-refractivity contribution is -0.167. The summed E-state index contributed by atoms with van der Waals surface area (Å²) in [7, 11) is 1.41. The SMILES string of the molecule is CCC(OC)OC(=O)/C=C\C(=O)O. The first-order valence-electron chi connectivity index (χ1n) is 3.74. The highest BCUT2D eigenvalue weighted by Gasteiger charge is 2.08. The molecule has 0 aliphatic heterocycles. The number of hydrogen-bond donors (Lipinski definition) is 1. The van der Waals surface area contributed by atoms with Crippen molar-refractivity contribution >= 4 is 11.9 Å². The molecule has 1 N–H and O–H groups in total. The van der Waals surface area contributed by atoms with Gasteiger partial charge in [-0.25, -0.2) is 9.59 Å². The average molecular weight is 188 g/mol. The molecule has 0 amide bonds. The van der Waals surface area contributed by atoms with E-state index in [0.717, 1.165) is 6.08 Å². The molecule has 0 heterocycles. The lowest BCUT2D eigenvalue weighted by Gasteiger charge is -2.11. The van der Waals surface area contributed by atoms with Gasteiger partial charge in [-0.05, 0) is 0 Å². The number of ether oxygens (including phenoxy) is 2. The van der Waals surface area contributed by atoms with E-state index in [9.17, 15) is 9.59 Å². The second-order valence-electron chi connectivity index (χ2n) is 2.18. The Morgan fingerprint density at radius 2 is 2.08 bits per heavy atom. The number of rotatable bonds is 5. The first-order chi connectivity index (χ1) is 6.10. The Morgan fingerprint density at radius 3 is 2.46 bits per heavy atom. The van der Waals surface area contributed by atoms with Gasteiger partial charge in [0.05, 0.1) is 0 Å². The van der Waals surface area contributed by atoms with E-state index in [2.05, 4.69) is 4.74 Å². The van der Waals surface area contributed by atoms with Gasteiger partial charge in [0.2, 0.25) is 6.29 Å². The van der Waals surface area contributed by atoms with E-state index in [4.69, 9.17) is 9.84 Å². The van der Waals surface area contributed by atoms with Crippen molar-refractivity contribution in [3.05, 3.63) is 12.2 Å². The number of methoxy groups -OCH3 is 1. The van der Waals surface area contributed by atoms with Crippen molar-refractivity contribution < 1.29 is 24.2 Å². The molecule has 74 valence electrons. The predicted molar refractivity (Wildman–Crippen MR) is 44.0 cm³/mol. The standard InChI is InChI=1S/C8H12O5/c1-3-8(12-2)13-7(11)5-4-6(9)10/h4-5,8H,3H2,1-2H3,(H,9,10)/b5-4-. The van der Waals surface area contributed by atoms with E-state index >= 15 is 0 Å². The van der Waals surface area contributed by atoms with Gasteiger partial charge >= 0.3 is 11.9 Å². The minimum Gasteiger partial charge on any atom is -0.478 e. The Balaban J connectivity index is 3.92. The summed E-state index contributed by atoms with van der Waals surface area (Å²) in [6, 6.07) is 0. The molecule has 5 heteroatoms. The summed E-state index contributed by atoms with van der Waals surface area (Å²) >= 11 is 0. The molecule has 0 fully saturated rings. The van der Waals surface area contributed by atoms with Crippen LogP contribution in [0.2, 0.25) is 0 Å². The molecule has 0 aromatic rings. The number of carbonyl (C=O) groups is 2. The Morgan fingerprint density at radius 1 is 1.46 bits per heavy atom. The number of carboxylic acids is 1. The molecule has 13 heavy (non-hydrogen) atoms. The molecule has 1 atom stereocenters. The topological polar surface area (TPSA) is 72.8 Å². The van der Waals surface area contributed by atoms with Crippen LogP contribution in [0, 0.1) is 0 Å². The normalized spacial score (nSPS) is 12.8. The molecule has 0 aromatic carbocycles. The first kappa shape index (κ1) is 11.6. The van der Waals surface area contributed by atoms with E-state index in [0.29, 0.717) is 12.5 Å². The largest absolute Gasteiger partial charge is 0.478 e. The van der Waals surface area contributed by atoms with Crippen molar-refractivity contribution in [2.75, 3.05) is 7.11 Å². The van der Waals surface area contributed by atoms with Gasteiger partial charge in [-0.1, -0.05) is 6.92 Å². The van der Waals surface area contributed by atoms with Gasteiger partial charge in [0.25, 0.3) is 0 Å². The molecule has 0 saturated heterocycles. The van der Waals surface area contributed by atoms with Crippen molar-refractivity contribution in [2.45, 2.75) is 19.6 Å². The molecule has 0 aliphatic rings. The molecule has 0 saturated carbocycles. The van der Waals surface area contributed by atoms with E-state index < -0.39 is 18.2 Å². The third kappa shape index (κ3) is 5.86. The molecule has 0 aliphatic carbocycles. The number of carbonyl (C=O) groups excluding carboxylic acids is 1. The van der Waals surface area contributed by atoms with Gasteiger partial charge in [0, 0.05) is 25.7 Å². The Labute approximate surface area is 75.9 Å². The van der Waals surface area contributed by atoms with Gasteiger partial charge in [0.1, 0.15) is 0 Å². The van der Waals surface area contributed by atoms with Gasteiger partial charge in [0.15, 0.2) is 0 Å². The van der Waals surface area contributed by atoms with Crippen LogP contribution in [-0.4, -0.2) is 30.4 Å². The Kier molecular flexibility index (Phi) is 5.54. The molecule has 0 radical (unpaired) electrons. The van der Waals surface area contributed by atoms with Crippen LogP contribution in [0.15, 0.2) is 12.2 Å². The average Bonchev–Trinajstić information content (AvgIpc) is 2.10. The number of carboxylic acid groups (broad SMARTS) is 1. The predicted octanol–water partition coefficient (Wildman–Crippen LogP) is 0.553. The first-order valence-corrected chi connectivity index (χ1v) is 3.74. The third-order valence-electron chi connectivity index (χ3n) is 1.21. The van der Waals surface area contributed by atoms with Crippen LogP contribution in [0.3, 0.4) is 0 Å². The zero-order valence-electron chi connectivity index (χ0n) is 7.52. The fourth-order valence-corrected chi connectivity index (χ4v) is 0.606. The summed E-state index contributed by atoms with van der Waals surface area (Å²) in [6.07, 6.45) is 1.45. The number of hydrogen-bond acceptors (Lipinski definition) is 4. The maximum absolute atomic E-state index is 10.8. The minimum absolute atomic E-state index is 0.517. The minimum atomic E-state index is -1.19. The maximum atomic E-state index is 10.8. The van der Waals surface area contributed by atoms with Crippen molar-refractivity contribution in [3.8, 4) is 0 Å². The third-order valence-corrected chi connectivity index (χ3v) is 1.21. The van der Waals surface area contributed by atoms with Gasteiger partial charge in [-0.2, -0.15) is 0 Å². The molecule has 0 spiro atoms. The quantitative estimate of drug-likeness (QED) is 0.387. The second kappa shape index (κ2) is 6.19. The molecule has 1 unspecified atom stereocenters. The van der Waals surface area contributed by atoms with Gasteiger partial charge in [-0.15, -0.1) is 0 Å². The van der Waals surface area contributed by atoms with Crippen LogP contribution < -0.4 is 0 Å². The highest BCUT2D eigenvalue weighted by atomic mass is 16.7. The lowest BCUT2D eigenvalue weighted by atomic mass is 10.4. The zero-order chi connectivity index (χ0) is 10.3. The molecular weight excluding hydrogens is 176 g/mol. The Bertz CT molecular complexity index is 205. The van der Waals surface area contributed by atoms with Crippen LogP contribution >= 0.6 is 0 Å². The summed E-state index contributed by atoms with van der Waals surface area (Å²) in [5, 5.41) is 8.19. The summed E-state index contributed by atoms with van der Waals surface area (Å²) in [5.41, 5.74) is 0. The number of aliphatic carboxylic acids is 1. The van der Waals surface area contributed by atoms with Crippen molar-refractivity contribution in [3.63, 3.8) is 0 Å². The van der Waals surface area contributed by atoms with Crippen molar-refractivity contribution in [1.29, 1.82) is 0 Å². The van der Waals surface area contributed by atoms with E-state index in [-0.39, 0.29) is 0 Å². The molecular formula is C8H12O5. The lowest BCUT2D eigenvalue weighted by Crippen LogP contribution is -2.17. The molecule has 0 rings (SSSR count). The highest BCUT2D eigenvalue weighted by Crippen LogP contribution is 1.98. The van der Waals surface area contributed by atoms with E-state index in [1.54, 1.807) is 6.92 Å². The monoisotopic (exact) mass is 188 g/mol. The molecule has 0 aromatic heterocycles. The van der Waals surface area contributed by atoms with Crippen LogP contribution in [0.1, 0.15) is 13.3 Å². The molecule has 0 bridgehead atoms. The summed E-state index contributed by atoms with van der Waals surface area (Å²) in [6.45, 7) is 1.78. The zero-order valence-corrected chi connectivity index (χ0v) is 7.52. The van der Waals surface area contributed by atoms with E-state index in [1.807, 2.05) is 0 Å².